The predicted molar refractivity (Wildman–Crippen MR) is 91.4 cm³/mol. The molecule has 0 spiro atoms. The van der Waals surface area contributed by atoms with Crippen molar-refractivity contribution in [1.82, 2.24) is 10.2 Å². The monoisotopic (exact) mass is 286 g/mol. The van der Waals surface area contributed by atoms with Gasteiger partial charge >= 0.3 is 0 Å². The van der Waals surface area contributed by atoms with Crippen molar-refractivity contribution in [3.05, 3.63) is 48.0 Å². The Morgan fingerprint density at radius 3 is 2.71 bits per heavy atom. The van der Waals surface area contributed by atoms with Gasteiger partial charge in [0.25, 0.3) is 0 Å². The summed E-state index contributed by atoms with van der Waals surface area (Å²) in [6.07, 6.45) is 6.85. The van der Waals surface area contributed by atoms with Gasteiger partial charge in [0.1, 0.15) is 0 Å². The van der Waals surface area contributed by atoms with E-state index < -0.39 is 0 Å². The molecule has 1 aliphatic rings. The van der Waals surface area contributed by atoms with Crippen molar-refractivity contribution in [3.63, 3.8) is 0 Å². The summed E-state index contributed by atoms with van der Waals surface area (Å²) in [6, 6.07) is 12.1. The Kier molecular flexibility index (Phi) is 6.47. The number of allylic oxidation sites excluding steroid dienone is 1. The van der Waals surface area contributed by atoms with Gasteiger partial charge in [-0.1, -0.05) is 56.3 Å². The summed E-state index contributed by atoms with van der Waals surface area (Å²) < 4.78 is 0. The third kappa shape index (κ3) is 4.98. The average molecular weight is 286 g/mol. The second-order valence-electron chi connectivity index (χ2n) is 6.51. The van der Waals surface area contributed by atoms with E-state index in [2.05, 4.69) is 73.5 Å². The molecule has 2 atom stereocenters. The van der Waals surface area contributed by atoms with Crippen molar-refractivity contribution in [1.29, 1.82) is 0 Å². The van der Waals surface area contributed by atoms with Gasteiger partial charge in [-0.25, -0.2) is 0 Å². The van der Waals surface area contributed by atoms with Gasteiger partial charge in [0.05, 0.1) is 0 Å². The van der Waals surface area contributed by atoms with Crippen molar-refractivity contribution in [3.8, 4) is 0 Å². The molecule has 1 fully saturated rings. The molecule has 2 unspecified atom stereocenters. The predicted octanol–water partition coefficient (Wildman–Crippen LogP) is 4.01. The third-order valence-electron chi connectivity index (χ3n) is 4.25. The SMILES string of the molecule is C/C=C/CCN1CC(CC(C)C)NCC1c1ccccc1. The van der Waals surface area contributed by atoms with E-state index >= 15 is 0 Å². The van der Waals surface area contributed by atoms with Crippen molar-refractivity contribution in [2.75, 3.05) is 19.6 Å². The second kappa shape index (κ2) is 8.35. The van der Waals surface area contributed by atoms with Gasteiger partial charge in [0.15, 0.2) is 0 Å². The molecule has 2 nitrogen and oxygen atoms in total. The molecule has 116 valence electrons. The quantitative estimate of drug-likeness (QED) is 0.795. The molecule has 0 bridgehead atoms. The standard InChI is InChI=1S/C19H30N2/c1-4-5-9-12-21-15-18(13-16(2)3)20-14-19(21)17-10-7-6-8-11-17/h4-8,10-11,16,18-20H,9,12-15H2,1-3H3/b5-4+. The molecule has 0 amide bonds. The Labute approximate surface area is 130 Å². The number of hydrogen-bond donors (Lipinski definition) is 1. The summed E-state index contributed by atoms with van der Waals surface area (Å²) >= 11 is 0. The number of benzene rings is 1. The molecule has 21 heavy (non-hydrogen) atoms. The normalized spacial score (nSPS) is 24.0. The lowest BCUT2D eigenvalue weighted by molar-refractivity contribution is 0.124. The Morgan fingerprint density at radius 1 is 1.29 bits per heavy atom. The van der Waals surface area contributed by atoms with Crippen LogP contribution in [0.4, 0.5) is 0 Å². The van der Waals surface area contributed by atoms with Crippen molar-refractivity contribution >= 4 is 0 Å². The minimum Gasteiger partial charge on any atom is -0.311 e. The minimum atomic E-state index is 0.514. The van der Waals surface area contributed by atoms with Crippen LogP contribution in [-0.4, -0.2) is 30.6 Å². The summed E-state index contributed by atoms with van der Waals surface area (Å²) in [5.41, 5.74) is 1.44. The fourth-order valence-corrected chi connectivity index (χ4v) is 3.27. The molecule has 2 heteroatoms. The van der Waals surface area contributed by atoms with E-state index in [0.717, 1.165) is 32.0 Å². The number of rotatable bonds is 6. The second-order valence-corrected chi connectivity index (χ2v) is 6.51. The molecular weight excluding hydrogens is 256 g/mol. The van der Waals surface area contributed by atoms with Gasteiger partial charge in [-0.15, -0.1) is 0 Å². The molecule has 1 aromatic carbocycles. The minimum absolute atomic E-state index is 0.514. The first-order chi connectivity index (χ1) is 10.2. The van der Waals surface area contributed by atoms with Crippen LogP contribution in [0.25, 0.3) is 0 Å². The van der Waals surface area contributed by atoms with E-state index in [-0.39, 0.29) is 0 Å². The summed E-state index contributed by atoms with van der Waals surface area (Å²) in [5.74, 6) is 0.758. The van der Waals surface area contributed by atoms with Crippen LogP contribution in [0.1, 0.15) is 45.2 Å². The molecule has 0 aliphatic carbocycles. The van der Waals surface area contributed by atoms with Crippen LogP contribution in [0, 0.1) is 5.92 Å². The maximum atomic E-state index is 3.76. The van der Waals surface area contributed by atoms with E-state index in [0.29, 0.717) is 12.1 Å². The molecule has 0 radical (unpaired) electrons. The largest absolute Gasteiger partial charge is 0.311 e. The number of hydrogen-bond acceptors (Lipinski definition) is 2. The zero-order valence-electron chi connectivity index (χ0n) is 13.8. The molecule has 1 aromatic rings. The van der Waals surface area contributed by atoms with Crippen molar-refractivity contribution < 1.29 is 0 Å². The highest BCUT2D eigenvalue weighted by atomic mass is 15.2. The van der Waals surface area contributed by atoms with Crippen LogP contribution in [0.3, 0.4) is 0 Å². The van der Waals surface area contributed by atoms with Crippen LogP contribution in [0.5, 0.6) is 0 Å². The molecule has 1 saturated heterocycles. The maximum Gasteiger partial charge on any atom is 0.0473 e. The van der Waals surface area contributed by atoms with Gasteiger partial charge in [-0.05, 0) is 31.2 Å². The topological polar surface area (TPSA) is 15.3 Å². The van der Waals surface area contributed by atoms with Crippen molar-refractivity contribution in [2.45, 2.75) is 45.7 Å². The molecule has 1 N–H and O–H groups in total. The Balaban J connectivity index is 2.04. The van der Waals surface area contributed by atoms with Gasteiger partial charge in [0, 0.05) is 31.7 Å². The van der Waals surface area contributed by atoms with E-state index in [1.54, 1.807) is 0 Å². The summed E-state index contributed by atoms with van der Waals surface area (Å²) in [5, 5.41) is 3.76. The van der Waals surface area contributed by atoms with Crippen LogP contribution in [0.15, 0.2) is 42.5 Å². The Hall–Kier alpha value is -1.12. The van der Waals surface area contributed by atoms with Crippen LogP contribution in [0.2, 0.25) is 0 Å². The van der Waals surface area contributed by atoms with E-state index in [9.17, 15) is 0 Å². The first-order valence-electron chi connectivity index (χ1n) is 8.34. The Morgan fingerprint density at radius 2 is 2.05 bits per heavy atom. The number of piperazine rings is 1. The van der Waals surface area contributed by atoms with E-state index in [1.807, 2.05) is 0 Å². The molecular formula is C19H30N2. The Bertz CT molecular complexity index is 424. The zero-order chi connectivity index (χ0) is 15.1. The summed E-state index contributed by atoms with van der Waals surface area (Å²) in [4.78, 5) is 2.67. The summed E-state index contributed by atoms with van der Waals surface area (Å²) in [6.45, 7) is 10.1. The lowest BCUT2D eigenvalue weighted by Gasteiger charge is -2.41. The van der Waals surface area contributed by atoms with Crippen LogP contribution >= 0.6 is 0 Å². The molecule has 0 aromatic heterocycles. The lowest BCUT2D eigenvalue weighted by atomic mass is 9.96. The van der Waals surface area contributed by atoms with E-state index in [4.69, 9.17) is 0 Å². The molecule has 2 rings (SSSR count). The van der Waals surface area contributed by atoms with Gasteiger partial charge < -0.3 is 5.32 Å². The van der Waals surface area contributed by atoms with Crippen molar-refractivity contribution in [2.24, 2.45) is 5.92 Å². The highest BCUT2D eigenvalue weighted by Crippen LogP contribution is 2.25. The molecule has 1 heterocycles. The smallest absolute Gasteiger partial charge is 0.0473 e. The first-order valence-corrected chi connectivity index (χ1v) is 8.34. The third-order valence-corrected chi connectivity index (χ3v) is 4.25. The van der Waals surface area contributed by atoms with E-state index in [1.165, 1.54) is 12.0 Å². The fraction of sp³-hybridized carbons (Fsp3) is 0.579. The fourth-order valence-electron chi connectivity index (χ4n) is 3.27. The number of nitrogens with zero attached hydrogens (tertiary/aromatic N) is 1. The van der Waals surface area contributed by atoms with Crippen LogP contribution in [-0.2, 0) is 0 Å². The molecule has 1 aliphatic heterocycles. The highest BCUT2D eigenvalue weighted by Gasteiger charge is 2.28. The van der Waals surface area contributed by atoms with Gasteiger partial charge in [-0.2, -0.15) is 0 Å². The molecule has 0 saturated carbocycles. The number of nitrogens with one attached hydrogen (secondary N) is 1. The summed E-state index contributed by atoms with van der Waals surface area (Å²) in [7, 11) is 0. The van der Waals surface area contributed by atoms with Gasteiger partial charge in [0.2, 0.25) is 0 Å². The van der Waals surface area contributed by atoms with Gasteiger partial charge in [-0.3, -0.25) is 4.90 Å². The maximum absolute atomic E-state index is 3.76. The first kappa shape index (κ1) is 16.3. The highest BCUT2D eigenvalue weighted by molar-refractivity contribution is 5.20. The zero-order valence-corrected chi connectivity index (χ0v) is 13.8. The lowest BCUT2D eigenvalue weighted by Crippen LogP contribution is -2.52. The average Bonchev–Trinajstić information content (AvgIpc) is 2.48. The van der Waals surface area contributed by atoms with Crippen LogP contribution < -0.4 is 5.32 Å².